The van der Waals surface area contributed by atoms with E-state index in [1.807, 2.05) is 12.1 Å². The molecule has 0 bridgehead atoms. The van der Waals surface area contributed by atoms with Gasteiger partial charge in [-0.2, -0.15) is 0 Å². The summed E-state index contributed by atoms with van der Waals surface area (Å²) in [5.74, 6) is 1.73. The van der Waals surface area contributed by atoms with Crippen LogP contribution in [-0.4, -0.2) is 13.2 Å². The Balaban J connectivity index is 0.000000492. The minimum Gasteiger partial charge on any atom is -0.493 e. The first-order valence-electron chi connectivity index (χ1n) is 7.02. The molecule has 0 atom stereocenters. The average Bonchev–Trinajstić information content (AvgIpc) is 2.83. The molecule has 1 fully saturated rings. The molecule has 2 nitrogen and oxygen atoms in total. The van der Waals surface area contributed by atoms with Crippen molar-refractivity contribution in [1.29, 1.82) is 0 Å². The summed E-state index contributed by atoms with van der Waals surface area (Å²) in [5, 5.41) is 0. The number of benzene rings is 1. The highest BCUT2D eigenvalue weighted by Crippen LogP contribution is 2.32. The van der Waals surface area contributed by atoms with Crippen molar-refractivity contribution in [1.82, 2.24) is 0 Å². The van der Waals surface area contributed by atoms with Gasteiger partial charge in [0.25, 0.3) is 0 Å². The first kappa shape index (κ1) is 14.9. The van der Waals surface area contributed by atoms with Crippen LogP contribution in [0.25, 0.3) is 0 Å². The van der Waals surface area contributed by atoms with Gasteiger partial charge < -0.3 is 9.47 Å². The Kier molecular flexibility index (Phi) is 6.63. The predicted octanol–water partition coefficient (Wildman–Crippen LogP) is 4.74. The fourth-order valence-electron chi connectivity index (χ4n) is 2.06. The summed E-state index contributed by atoms with van der Waals surface area (Å²) < 4.78 is 11.2. The summed E-state index contributed by atoms with van der Waals surface area (Å²) in [4.78, 5) is 0. The van der Waals surface area contributed by atoms with Crippen molar-refractivity contribution in [3.8, 4) is 11.5 Å². The summed E-state index contributed by atoms with van der Waals surface area (Å²) >= 11 is 0. The molecule has 102 valence electrons. The van der Waals surface area contributed by atoms with Crippen LogP contribution in [-0.2, 0) is 0 Å². The van der Waals surface area contributed by atoms with E-state index in [4.69, 9.17) is 9.47 Å². The summed E-state index contributed by atoms with van der Waals surface area (Å²) in [6.45, 7) is 6.32. The van der Waals surface area contributed by atoms with E-state index in [0.29, 0.717) is 6.10 Å². The second kappa shape index (κ2) is 8.02. The molecule has 1 aromatic rings. The van der Waals surface area contributed by atoms with Crippen LogP contribution >= 0.6 is 0 Å². The van der Waals surface area contributed by atoms with Gasteiger partial charge in [-0.1, -0.05) is 26.3 Å². The first-order valence-corrected chi connectivity index (χ1v) is 7.02. The molecule has 0 heterocycles. The maximum absolute atomic E-state index is 5.95. The molecule has 1 aliphatic carbocycles. The fraction of sp³-hybridized carbons (Fsp3) is 0.625. The van der Waals surface area contributed by atoms with Crippen LogP contribution in [0, 0.1) is 6.92 Å². The molecule has 0 aliphatic heterocycles. The smallest absolute Gasteiger partial charge is 0.161 e. The summed E-state index contributed by atoms with van der Waals surface area (Å²) in [7, 11) is 1.69. The van der Waals surface area contributed by atoms with Gasteiger partial charge in [-0.05, 0) is 50.3 Å². The Morgan fingerprint density at radius 2 is 1.72 bits per heavy atom. The second-order valence-corrected chi connectivity index (χ2v) is 4.89. The van der Waals surface area contributed by atoms with Gasteiger partial charge in [0.2, 0.25) is 0 Å². The average molecular weight is 250 g/mol. The number of ether oxygens (including phenoxy) is 2. The lowest BCUT2D eigenvalue weighted by Gasteiger charge is -2.16. The summed E-state index contributed by atoms with van der Waals surface area (Å²) in [6, 6.07) is 6.07. The third-order valence-corrected chi connectivity index (χ3v) is 2.91. The minimum absolute atomic E-state index is 0.390. The van der Waals surface area contributed by atoms with Gasteiger partial charge in [0.05, 0.1) is 13.2 Å². The molecule has 0 spiro atoms. The van der Waals surface area contributed by atoms with Crippen LogP contribution < -0.4 is 9.47 Å². The SMILES string of the molecule is CCC.COc1ccc(C)cc1OC1CCCC1. The van der Waals surface area contributed by atoms with Gasteiger partial charge in [-0.15, -0.1) is 0 Å². The molecule has 18 heavy (non-hydrogen) atoms. The molecule has 1 aromatic carbocycles. The third-order valence-electron chi connectivity index (χ3n) is 2.91. The largest absolute Gasteiger partial charge is 0.493 e. The van der Waals surface area contributed by atoms with Crippen molar-refractivity contribution >= 4 is 0 Å². The van der Waals surface area contributed by atoms with Gasteiger partial charge in [-0.25, -0.2) is 0 Å². The van der Waals surface area contributed by atoms with Crippen LogP contribution in [0.2, 0.25) is 0 Å². The molecule has 2 rings (SSSR count). The Morgan fingerprint density at radius 1 is 1.11 bits per heavy atom. The van der Waals surface area contributed by atoms with Gasteiger partial charge in [0, 0.05) is 0 Å². The van der Waals surface area contributed by atoms with Crippen molar-refractivity contribution in [2.45, 2.75) is 59.0 Å². The zero-order valence-corrected chi connectivity index (χ0v) is 12.2. The highest BCUT2D eigenvalue weighted by atomic mass is 16.5. The van der Waals surface area contributed by atoms with E-state index < -0.39 is 0 Å². The highest BCUT2D eigenvalue weighted by Gasteiger charge is 2.18. The molecule has 0 aromatic heterocycles. The van der Waals surface area contributed by atoms with Crippen LogP contribution in [0.5, 0.6) is 11.5 Å². The third kappa shape index (κ3) is 4.59. The van der Waals surface area contributed by atoms with Crippen LogP contribution in [0.15, 0.2) is 18.2 Å². The molecule has 0 unspecified atom stereocenters. The van der Waals surface area contributed by atoms with Gasteiger partial charge in [0.1, 0.15) is 0 Å². The summed E-state index contributed by atoms with van der Waals surface area (Å²) in [5.41, 5.74) is 1.21. The standard InChI is InChI=1S/C13H18O2.C3H8/c1-10-7-8-12(14-2)13(9-10)15-11-5-3-4-6-11;1-3-2/h7-9,11H,3-6H2,1-2H3;3H2,1-2H3. The first-order chi connectivity index (χ1) is 8.71. The Bertz CT molecular complexity index is 341. The molecule has 2 heteroatoms. The molecule has 1 saturated carbocycles. The molecule has 0 radical (unpaired) electrons. The monoisotopic (exact) mass is 250 g/mol. The lowest BCUT2D eigenvalue weighted by atomic mass is 10.2. The molecule has 0 saturated heterocycles. The Morgan fingerprint density at radius 3 is 2.28 bits per heavy atom. The lowest BCUT2D eigenvalue weighted by Crippen LogP contribution is -2.11. The molecular weight excluding hydrogens is 224 g/mol. The lowest BCUT2D eigenvalue weighted by molar-refractivity contribution is 0.200. The quantitative estimate of drug-likeness (QED) is 0.771. The van der Waals surface area contributed by atoms with Crippen molar-refractivity contribution in [3.63, 3.8) is 0 Å². The zero-order valence-electron chi connectivity index (χ0n) is 12.2. The maximum Gasteiger partial charge on any atom is 0.161 e. The van der Waals surface area contributed by atoms with E-state index in [0.717, 1.165) is 11.5 Å². The van der Waals surface area contributed by atoms with E-state index in [-0.39, 0.29) is 0 Å². The normalized spacial score (nSPS) is 14.9. The van der Waals surface area contributed by atoms with Crippen LogP contribution in [0.1, 0.15) is 51.5 Å². The predicted molar refractivity (Wildman–Crippen MR) is 76.6 cm³/mol. The number of hydrogen-bond acceptors (Lipinski definition) is 2. The molecule has 0 amide bonds. The van der Waals surface area contributed by atoms with Gasteiger partial charge in [-0.3, -0.25) is 0 Å². The zero-order chi connectivity index (χ0) is 13.4. The van der Waals surface area contributed by atoms with E-state index in [2.05, 4.69) is 26.8 Å². The minimum atomic E-state index is 0.390. The summed E-state index contributed by atoms with van der Waals surface area (Å²) in [6.07, 6.45) is 6.58. The Labute approximate surface area is 111 Å². The number of methoxy groups -OCH3 is 1. The van der Waals surface area contributed by atoms with Crippen LogP contribution in [0.3, 0.4) is 0 Å². The number of hydrogen-bond donors (Lipinski definition) is 0. The van der Waals surface area contributed by atoms with E-state index in [1.165, 1.54) is 37.7 Å². The Hall–Kier alpha value is -1.18. The molecular formula is C16H26O2. The second-order valence-electron chi connectivity index (χ2n) is 4.89. The van der Waals surface area contributed by atoms with Gasteiger partial charge >= 0.3 is 0 Å². The fourth-order valence-corrected chi connectivity index (χ4v) is 2.06. The highest BCUT2D eigenvalue weighted by molar-refractivity contribution is 5.42. The molecule has 1 aliphatic rings. The van der Waals surface area contributed by atoms with Crippen molar-refractivity contribution in [3.05, 3.63) is 23.8 Å². The van der Waals surface area contributed by atoms with Crippen molar-refractivity contribution in [2.24, 2.45) is 0 Å². The number of aryl methyl sites for hydroxylation is 1. The maximum atomic E-state index is 5.95. The van der Waals surface area contributed by atoms with Gasteiger partial charge in [0.15, 0.2) is 11.5 Å². The van der Waals surface area contributed by atoms with Crippen molar-refractivity contribution < 1.29 is 9.47 Å². The van der Waals surface area contributed by atoms with Crippen molar-refractivity contribution in [2.75, 3.05) is 7.11 Å². The van der Waals surface area contributed by atoms with E-state index in [9.17, 15) is 0 Å². The van der Waals surface area contributed by atoms with E-state index in [1.54, 1.807) is 7.11 Å². The van der Waals surface area contributed by atoms with Crippen LogP contribution in [0.4, 0.5) is 0 Å². The topological polar surface area (TPSA) is 18.5 Å². The number of rotatable bonds is 3. The molecule has 0 N–H and O–H groups in total. The van der Waals surface area contributed by atoms with E-state index >= 15 is 0 Å².